The molecule has 1 fully saturated rings. The fourth-order valence-corrected chi connectivity index (χ4v) is 3.19. The quantitative estimate of drug-likeness (QED) is 0.702. The van der Waals surface area contributed by atoms with Crippen molar-refractivity contribution in [3.05, 3.63) is 59.8 Å². The van der Waals surface area contributed by atoms with Crippen molar-refractivity contribution in [3.8, 4) is 0 Å². The van der Waals surface area contributed by atoms with Crippen LogP contribution >= 0.6 is 0 Å². The minimum absolute atomic E-state index is 0.0762. The lowest BCUT2D eigenvalue weighted by Crippen LogP contribution is -2.44. The normalized spacial score (nSPS) is 14.4. The Morgan fingerprint density at radius 2 is 1.69 bits per heavy atom. The number of anilines is 1. The first-order valence-electron chi connectivity index (χ1n) is 10.1. The summed E-state index contributed by atoms with van der Waals surface area (Å²) in [5.41, 5.74) is 1.92. The van der Waals surface area contributed by atoms with Crippen LogP contribution in [-0.2, 0) is 22.6 Å². The van der Waals surface area contributed by atoms with Crippen LogP contribution in [0, 0.1) is 0 Å². The molecule has 1 aromatic heterocycles. The van der Waals surface area contributed by atoms with E-state index in [4.69, 9.17) is 0 Å². The number of pyridine rings is 1. The van der Waals surface area contributed by atoms with Gasteiger partial charge < -0.3 is 20.4 Å². The lowest BCUT2D eigenvalue weighted by Gasteiger charge is -2.33. The Labute approximate surface area is 172 Å². The summed E-state index contributed by atoms with van der Waals surface area (Å²) >= 11 is 0. The highest BCUT2D eigenvalue weighted by Gasteiger charge is 2.15. The van der Waals surface area contributed by atoms with Crippen molar-refractivity contribution < 1.29 is 9.59 Å². The molecular formula is C22H29N5O2. The maximum absolute atomic E-state index is 12.0. The number of nitrogens with one attached hydrogen (secondary N) is 2. The zero-order chi connectivity index (χ0) is 20.5. The Balaban J connectivity index is 1.33. The van der Waals surface area contributed by atoms with Gasteiger partial charge in [-0.2, -0.15) is 0 Å². The van der Waals surface area contributed by atoms with Gasteiger partial charge in [0.05, 0.1) is 6.42 Å². The molecule has 0 atom stereocenters. The number of nitrogens with zero attached hydrogens (tertiary/aromatic N) is 3. The fourth-order valence-electron chi connectivity index (χ4n) is 3.19. The summed E-state index contributed by atoms with van der Waals surface area (Å²) in [4.78, 5) is 33.0. The average molecular weight is 396 g/mol. The van der Waals surface area contributed by atoms with Gasteiger partial charge in [-0.15, -0.1) is 0 Å². The van der Waals surface area contributed by atoms with E-state index in [1.807, 2.05) is 48.7 Å². The van der Waals surface area contributed by atoms with Crippen LogP contribution in [0.5, 0.6) is 0 Å². The molecule has 0 saturated carbocycles. The van der Waals surface area contributed by atoms with Gasteiger partial charge in [0, 0.05) is 51.9 Å². The molecule has 1 aromatic carbocycles. The van der Waals surface area contributed by atoms with Gasteiger partial charge in [0.1, 0.15) is 5.82 Å². The van der Waals surface area contributed by atoms with Crippen LogP contribution in [0.15, 0.2) is 48.7 Å². The van der Waals surface area contributed by atoms with E-state index in [1.54, 1.807) is 0 Å². The molecule has 7 heteroatoms. The molecule has 1 aliphatic rings. The Hall–Kier alpha value is -2.93. The molecule has 29 heavy (non-hydrogen) atoms. The monoisotopic (exact) mass is 395 g/mol. The first kappa shape index (κ1) is 20.8. The number of benzene rings is 1. The second kappa shape index (κ2) is 10.6. The summed E-state index contributed by atoms with van der Waals surface area (Å²) in [6.07, 6.45) is 2.40. The number of rotatable bonds is 8. The number of likely N-dealkylation sites (N-methyl/N-ethyl adjacent to an activating group) is 1. The van der Waals surface area contributed by atoms with Gasteiger partial charge in [0.2, 0.25) is 11.8 Å². The van der Waals surface area contributed by atoms with E-state index in [0.717, 1.165) is 43.1 Å². The van der Waals surface area contributed by atoms with E-state index in [2.05, 4.69) is 32.5 Å². The second-order valence-electron chi connectivity index (χ2n) is 7.35. The first-order valence-corrected chi connectivity index (χ1v) is 10.1. The van der Waals surface area contributed by atoms with Crippen molar-refractivity contribution in [1.82, 2.24) is 20.5 Å². The van der Waals surface area contributed by atoms with E-state index in [9.17, 15) is 9.59 Å². The molecule has 0 aliphatic carbocycles. The molecule has 0 spiro atoms. The molecule has 2 N–H and O–H groups in total. The Bertz CT molecular complexity index is 787. The highest BCUT2D eigenvalue weighted by atomic mass is 16.2. The van der Waals surface area contributed by atoms with E-state index in [0.29, 0.717) is 19.5 Å². The van der Waals surface area contributed by atoms with Crippen LogP contribution in [0.25, 0.3) is 0 Å². The minimum atomic E-state index is -0.0897. The molecule has 7 nitrogen and oxygen atoms in total. The predicted octanol–water partition coefficient (Wildman–Crippen LogP) is 1.20. The Morgan fingerprint density at radius 1 is 0.931 bits per heavy atom. The van der Waals surface area contributed by atoms with Crippen molar-refractivity contribution in [2.45, 2.75) is 19.4 Å². The highest BCUT2D eigenvalue weighted by molar-refractivity contribution is 5.80. The number of carbonyl (C=O) groups is 2. The summed E-state index contributed by atoms with van der Waals surface area (Å²) in [5.74, 6) is 0.815. The van der Waals surface area contributed by atoms with Crippen molar-refractivity contribution in [3.63, 3.8) is 0 Å². The molecule has 1 aliphatic heterocycles. The zero-order valence-electron chi connectivity index (χ0n) is 16.9. The largest absolute Gasteiger partial charge is 0.355 e. The maximum atomic E-state index is 12.0. The minimum Gasteiger partial charge on any atom is -0.355 e. The third-order valence-corrected chi connectivity index (χ3v) is 5.01. The smallest absolute Gasteiger partial charge is 0.224 e. The average Bonchev–Trinajstić information content (AvgIpc) is 2.74. The Kier molecular flexibility index (Phi) is 7.58. The summed E-state index contributed by atoms with van der Waals surface area (Å²) in [5, 5.41) is 5.66. The van der Waals surface area contributed by atoms with Crippen LogP contribution in [0.2, 0.25) is 0 Å². The van der Waals surface area contributed by atoms with Gasteiger partial charge in [-0.05, 0) is 24.2 Å². The van der Waals surface area contributed by atoms with Crippen molar-refractivity contribution in [2.75, 3.05) is 44.7 Å². The number of hydrogen-bond donors (Lipinski definition) is 2. The summed E-state index contributed by atoms with van der Waals surface area (Å²) in [6.45, 7) is 4.82. The molecule has 1 saturated heterocycles. The molecule has 0 unspecified atom stereocenters. The van der Waals surface area contributed by atoms with Crippen LogP contribution in [0.1, 0.15) is 17.5 Å². The van der Waals surface area contributed by atoms with Crippen molar-refractivity contribution in [2.24, 2.45) is 0 Å². The summed E-state index contributed by atoms with van der Waals surface area (Å²) in [7, 11) is 2.13. The lowest BCUT2D eigenvalue weighted by molar-refractivity contribution is -0.122. The molecule has 3 rings (SSSR count). The van der Waals surface area contributed by atoms with E-state index in [1.165, 1.54) is 0 Å². The van der Waals surface area contributed by atoms with Crippen LogP contribution < -0.4 is 15.5 Å². The number of piperazine rings is 1. The molecule has 0 bridgehead atoms. The Morgan fingerprint density at radius 3 is 2.38 bits per heavy atom. The molecular weight excluding hydrogens is 366 g/mol. The second-order valence-corrected chi connectivity index (χ2v) is 7.35. The van der Waals surface area contributed by atoms with Gasteiger partial charge in [0.25, 0.3) is 0 Å². The zero-order valence-corrected chi connectivity index (χ0v) is 16.9. The first-order chi connectivity index (χ1) is 14.1. The summed E-state index contributed by atoms with van der Waals surface area (Å²) in [6, 6.07) is 13.6. The van der Waals surface area contributed by atoms with E-state index < -0.39 is 0 Å². The number of aromatic nitrogens is 1. The SMILES string of the molecule is CN1CCN(c2ccc(CNC(=O)CCNC(=O)Cc3ccccc3)cn2)CC1. The van der Waals surface area contributed by atoms with Gasteiger partial charge in [-0.3, -0.25) is 9.59 Å². The van der Waals surface area contributed by atoms with Gasteiger partial charge in [-0.25, -0.2) is 4.98 Å². The standard InChI is InChI=1S/C22H29N5O2/c1-26-11-13-27(14-12-26)20-8-7-19(16-24-20)17-25-21(28)9-10-23-22(29)15-18-5-3-2-4-6-18/h2-8,16H,9-15,17H2,1H3,(H,23,29)(H,25,28). The lowest BCUT2D eigenvalue weighted by atomic mass is 10.1. The topological polar surface area (TPSA) is 77.6 Å². The van der Waals surface area contributed by atoms with E-state index in [-0.39, 0.29) is 18.2 Å². The molecule has 2 heterocycles. The predicted molar refractivity (Wildman–Crippen MR) is 114 cm³/mol. The van der Waals surface area contributed by atoms with Crippen LogP contribution in [-0.4, -0.2) is 61.5 Å². The third-order valence-electron chi connectivity index (χ3n) is 5.01. The number of hydrogen-bond acceptors (Lipinski definition) is 5. The van der Waals surface area contributed by atoms with Gasteiger partial charge >= 0.3 is 0 Å². The van der Waals surface area contributed by atoms with Crippen LogP contribution in [0.3, 0.4) is 0 Å². The summed E-state index contributed by atoms with van der Waals surface area (Å²) < 4.78 is 0. The van der Waals surface area contributed by atoms with Crippen molar-refractivity contribution >= 4 is 17.6 Å². The van der Waals surface area contributed by atoms with Gasteiger partial charge in [0.15, 0.2) is 0 Å². The fraction of sp³-hybridized carbons (Fsp3) is 0.409. The van der Waals surface area contributed by atoms with E-state index >= 15 is 0 Å². The maximum Gasteiger partial charge on any atom is 0.224 e. The number of amides is 2. The molecule has 0 radical (unpaired) electrons. The third kappa shape index (κ3) is 6.87. The van der Waals surface area contributed by atoms with Crippen molar-refractivity contribution in [1.29, 1.82) is 0 Å². The highest BCUT2D eigenvalue weighted by Crippen LogP contribution is 2.13. The van der Waals surface area contributed by atoms with Gasteiger partial charge in [-0.1, -0.05) is 36.4 Å². The molecule has 154 valence electrons. The number of carbonyl (C=O) groups excluding carboxylic acids is 2. The van der Waals surface area contributed by atoms with Crippen LogP contribution in [0.4, 0.5) is 5.82 Å². The molecule has 2 amide bonds. The molecule has 2 aromatic rings.